The summed E-state index contributed by atoms with van der Waals surface area (Å²) in [6.07, 6.45) is -3.41. The summed E-state index contributed by atoms with van der Waals surface area (Å²) in [6, 6.07) is 18.1. The first-order valence-electron chi connectivity index (χ1n) is 13.0. The minimum absolute atomic E-state index is 0.185. The van der Waals surface area contributed by atoms with Crippen molar-refractivity contribution in [2.45, 2.75) is 62.3 Å². The van der Waals surface area contributed by atoms with Gasteiger partial charge in [0.15, 0.2) is 11.5 Å². The molecule has 3 aromatic rings. The second-order valence-electron chi connectivity index (χ2n) is 10.2. The standard InChI is InChI=1S/C29H30F2N2O6S/c1-18(2)28(35)29(30,31)39-19-14-16-20(17-15-19)40(36,37)32-21-8-7-11-24(27(21)34)33-22-9-3-5-12-25(22)38-26-13-6-4-10-23(26)33/h3-6,9-10,12-18,21,24,27,32,34H,7-8,11H2,1-2H3/t21-,24+,27+/m1/s1. The van der Waals surface area contributed by atoms with Crippen LogP contribution >= 0.6 is 0 Å². The van der Waals surface area contributed by atoms with Crippen molar-refractivity contribution in [1.29, 1.82) is 0 Å². The summed E-state index contributed by atoms with van der Waals surface area (Å²) in [6.45, 7) is 2.67. The van der Waals surface area contributed by atoms with E-state index in [1.165, 1.54) is 13.8 Å². The maximum absolute atomic E-state index is 14.1. The van der Waals surface area contributed by atoms with Gasteiger partial charge in [-0.2, -0.15) is 8.78 Å². The molecule has 0 aromatic heterocycles. The molecular formula is C29H30F2N2O6S. The number of nitrogens with zero attached hydrogens (tertiary/aromatic N) is 1. The van der Waals surface area contributed by atoms with E-state index in [0.717, 1.165) is 35.6 Å². The number of carbonyl (C=O) groups excluding carboxylic acids is 1. The lowest BCUT2D eigenvalue weighted by Gasteiger charge is -2.44. The molecule has 1 aliphatic carbocycles. The fourth-order valence-corrected chi connectivity index (χ4v) is 6.43. The van der Waals surface area contributed by atoms with E-state index in [4.69, 9.17) is 4.74 Å². The lowest BCUT2D eigenvalue weighted by atomic mass is 9.86. The zero-order valence-electron chi connectivity index (χ0n) is 22.0. The van der Waals surface area contributed by atoms with Gasteiger partial charge in [0.1, 0.15) is 5.75 Å². The summed E-state index contributed by atoms with van der Waals surface area (Å²) in [4.78, 5) is 13.5. The SMILES string of the molecule is CC(C)C(=O)C(F)(F)Oc1ccc(S(=O)(=O)N[C@@H]2CCC[C@H](N3c4ccccc4Oc4ccccc43)[C@H]2O)cc1. The molecule has 8 nitrogen and oxygen atoms in total. The van der Waals surface area contributed by atoms with Crippen LogP contribution in [0.3, 0.4) is 0 Å². The number of hydrogen-bond acceptors (Lipinski definition) is 7. The van der Waals surface area contributed by atoms with E-state index in [-0.39, 0.29) is 10.6 Å². The van der Waals surface area contributed by atoms with Gasteiger partial charge in [0.05, 0.1) is 34.5 Å². The minimum atomic E-state index is -4.12. The lowest BCUT2D eigenvalue weighted by molar-refractivity contribution is -0.193. The third-order valence-electron chi connectivity index (χ3n) is 7.12. The van der Waals surface area contributed by atoms with Crippen LogP contribution in [0.25, 0.3) is 0 Å². The lowest BCUT2D eigenvalue weighted by Crippen LogP contribution is -2.56. The molecule has 2 N–H and O–H groups in total. The Morgan fingerprint density at radius 3 is 2.15 bits per heavy atom. The molecule has 11 heteroatoms. The minimum Gasteiger partial charge on any atom is -0.453 e. The summed E-state index contributed by atoms with van der Waals surface area (Å²) >= 11 is 0. The number of aliphatic hydroxyl groups excluding tert-OH is 1. The Morgan fingerprint density at radius 1 is 1.00 bits per heavy atom. The number of rotatable bonds is 8. The monoisotopic (exact) mass is 572 g/mol. The summed E-state index contributed by atoms with van der Waals surface area (Å²) in [7, 11) is -4.12. The van der Waals surface area contributed by atoms with Crippen LogP contribution in [0.15, 0.2) is 77.7 Å². The molecule has 3 aromatic carbocycles. The van der Waals surface area contributed by atoms with E-state index < -0.39 is 46.0 Å². The van der Waals surface area contributed by atoms with E-state index in [9.17, 15) is 27.1 Å². The number of alkyl halides is 2. The Morgan fingerprint density at radius 2 is 1.57 bits per heavy atom. The van der Waals surface area contributed by atoms with E-state index >= 15 is 0 Å². The number of hydrogen-bond donors (Lipinski definition) is 2. The summed E-state index contributed by atoms with van der Waals surface area (Å²) in [5.41, 5.74) is 1.55. The highest BCUT2D eigenvalue weighted by atomic mass is 32.2. The molecule has 40 heavy (non-hydrogen) atoms. The van der Waals surface area contributed by atoms with Crippen molar-refractivity contribution in [2.24, 2.45) is 5.92 Å². The number of ether oxygens (including phenoxy) is 2. The van der Waals surface area contributed by atoms with Gasteiger partial charge in [0, 0.05) is 5.92 Å². The number of carbonyl (C=O) groups is 1. The number of Topliss-reactive ketones (excluding diaryl/α,β-unsaturated/α-hetero) is 1. The van der Waals surface area contributed by atoms with Crippen molar-refractivity contribution in [2.75, 3.05) is 4.90 Å². The van der Waals surface area contributed by atoms with Crippen molar-refractivity contribution in [1.82, 2.24) is 4.72 Å². The first-order valence-corrected chi connectivity index (χ1v) is 14.5. The third kappa shape index (κ3) is 5.41. The number of halogens is 2. The Bertz CT molecular complexity index is 1450. The molecule has 0 spiro atoms. The zero-order valence-corrected chi connectivity index (χ0v) is 22.8. The number of anilines is 2. The molecule has 1 fully saturated rings. The van der Waals surface area contributed by atoms with Crippen LogP contribution < -0.4 is 19.1 Å². The third-order valence-corrected chi connectivity index (χ3v) is 8.63. The Labute approximate surface area is 231 Å². The van der Waals surface area contributed by atoms with Crippen LogP contribution in [0.4, 0.5) is 20.2 Å². The molecular weight excluding hydrogens is 542 g/mol. The number of aliphatic hydroxyl groups is 1. The van der Waals surface area contributed by atoms with Crippen LogP contribution in [0.5, 0.6) is 17.2 Å². The highest BCUT2D eigenvalue weighted by Crippen LogP contribution is 2.49. The predicted molar refractivity (Wildman–Crippen MR) is 145 cm³/mol. The van der Waals surface area contributed by atoms with Crippen LogP contribution in [0.2, 0.25) is 0 Å². The molecule has 0 unspecified atom stereocenters. The quantitative estimate of drug-likeness (QED) is 0.373. The summed E-state index contributed by atoms with van der Waals surface area (Å²) in [5.74, 6) is -1.39. The zero-order chi connectivity index (χ0) is 28.7. The van der Waals surface area contributed by atoms with Crippen molar-refractivity contribution >= 4 is 27.2 Å². The molecule has 3 atom stereocenters. The molecule has 0 amide bonds. The van der Waals surface area contributed by atoms with E-state index in [0.29, 0.717) is 30.8 Å². The van der Waals surface area contributed by atoms with E-state index in [1.807, 2.05) is 53.4 Å². The van der Waals surface area contributed by atoms with Crippen molar-refractivity contribution in [3.8, 4) is 17.2 Å². The average molecular weight is 573 g/mol. The van der Waals surface area contributed by atoms with Gasteiger partial charge in [0.25, 0.3) is 0 Å². The fourth-order valence-electron chi connectivity index (χ4n) is 5.15. The molecule has 0 saturated heterocycles. The van der Waals surface area contributed by atoms with Gasteiger partial charge in [-0.3, -0.25) is 4.79 Å². The molecule has 1 saturated carbocycles. The topological polar surface area (TPSA) is 105 Å². The van der Waals surface area contributed by atoms with Gasteiger partial charge in [-0.05, 0) is 67.8 Å². The average Bonchev–Trinajstić information content (AvgIpc) is 2.92. The van der Waals surface area contributed by atoms with Gasteiger partial charge < -0.3 is 19.5 Å². The summed E-state index contributed by atoms with van der Waals surface area (Å²) < 4.78 is 67.8. The molecule has 0 bridgehead atoms. The van der Waals surface area contributed by atoms with Crippen LogP contribution in [-0.4, -0.2) is 43.6 Å². The molecule has 5 rings (SSSR count). The van der Waals surface area contributed by atoms with E-state index in [2.05, 4.69) is 9.46 Å². The maximum Gasteiger partial charge on any atom is 0.461 e. The molecule has 1 aliphatic heterocycles. The van der Waals surface area contributed by atoms with Crippen molar-refractivity contribution in [3.63, 3.8) is 0 Å². The number of para-hydroxylation sites is 4. The number of ketones is 1. The number of fused-ring (bicyclic) bond motifs is 2. The Hall–Kier alpha value is -3.54. The van der Waals surface area contributed by atoms with Gasteiger partial charge in [-0.25, -0.2) is 13.1 Å². The number of sulfonamides is 1. The molecule has 2 aliphatic rings. The van der Waals surface area contributed by atoms with Gasteiger partial charge >= 0.3 is 6.11 Å². The normalized spacial score (nSPS) is 20.9. The van der Waals surface area contributed by atoms with Gasteiger partial charge in [-0.15, -0.1) is 0 Å². The smallest absolute Gasteiger partial charge is 0.453 e. The maximum atomic E-state index is 14.1. The van der Waals surface area contributed by atoms with Crippen LogP contribution in [-0.2, 0) is 14.8 Å². The van der Waals surface area contributed by atoms with Crippen LogP contribution in [0, 0.1) is 5.92 Å². The highest BCUT2D eigenvalue weighted by molar-refractivity contribution is 7.89. The molecule has 0 radical (unpaired) electrons. The first-order chi connectivity index (χ1) is 19.0. The number of nitrogens with one attached hydrogen (secondary N) is 1. The van der Waals surface area contributed by atoms with Gasteiger partial charge in [-0.1, -0.05) is 38.1 Å². The molecule has 212 valence electrons. The van der Waals surface area contributed by atoms with Gasteiger partial charge in [0.2, 0.25) is 15.8 Å². The second kappa shape index (κ2) is 10.8. The predicted octanol–water partition coefficient (Wildman–Crippen LogP) is 5.39. The Kier molecular flexibility index (Phi) is 7.56. The largest absolute Gasteiger partial charge is 0.461 e. The number of benzene rings is 3. The van der Waals surface area contributed by atoms with Crippen molar-refractivity contribution in [3.05, 3.63) is 72.8 Å². The molecule has 1 heterocycles. The highest BCUT2D eigenvalue weighted by Gasteiger charge is 2.43. The van der Waals surface area contributed by atoms with Crippen molar-refractivity contribution < 1.29 is 36.6 Å². The Balaban J connectivity index is 1.35. The fraction of sp³-hybridized carbons (Fsp3) is 0.345. The second-order valence-corrected chi connectivity index (χ2v) is 11.9. The van der Waals surface area contributed by atoms with E-state index in [1.54, 1.807) is 0 Å². The first kappa shape index (κ1) is 28.0. The summed E-state index contributed by atoms with van der Waals surface area (Å²) in [5, 5.41) is 11.5. The van der Waals surface area contributed by atoms with Crippen LogP contribution in [0.1, 0.15) is 33.1 Å².